The largest absolute Gasteiger partial charge is 0.543 e. The Morgan fingerprint density at radius 2 is 2.00 bits per heavy atom. The molecule has 0 radical (unpaired) electrons. The maximum atomic E-state index is 11.9. The van der Waals surface area contributed by atoms with Crippen LogP contribution in [-0.4, -0.2) is 18.5 Å². The van der Waals surface area contributed by atoms with E-state index in [1.165, 1.54) is 17.4 Å². The van der Waals surface area contributed by atoms with E-state index in [0.29, 0.717) is 15.6 Å². The molecular formula is C17H15ClNO4S-. The quantitative estimate of drug-likeness (QED) is 0.798. The highest BCUT2D eigenvalue weighted by Gasteiger charge is 2.09. The lowest BCUT2D eigenvalue weighted by atomic mass is 10.1. The third-order valence-corrected chi connectivity index (χ3v) is 4.52. The summed E-state index contributed by atoms with van der Waals surface area (Å²) in [6.45, 7) is 3.34. The number of aliphatic carboxylic acids is 1. The van der Waals surface area contributed by atoms with Crippen LogP contribution in [0.5, 0.6) is 5.75 Å². The molecule has 0 saturated heterocycles. The van der Waals surface area contributed by atoms with E-state index in [0.717, 1.165) is 11.1 Å². The van der Waals surface area contributed by atoms with Crippen molar-refractivity contribution in [1.82, 2.24) is 5.32 Å². The van der Waals surface area contributed by atoms with E-state index >= 15 is 0 Å². The molecule has 1 aromatic heterocycles. The molecule has 0 bridgehead atoms. The fourth-order valence-corrected chi connectivity index (χ4v) is 2.75. The molecule has 0 saturated carbocycles. The SMILES string of the molecule is Cc1cc(OCC(=O)N/C(=C/c2cccs2)C(=O)[O-])cc(C)c1Cl. The van der Waals surface area contributed by atoms with Gasteiger partial charge in [-0.05, 0) is 54.6 Å². The van der Waals surface area contributed by atoms with Crippen LogP contribution in [0.25, 0.3) is 6.08 Å². The Labute approximate surface area is 148 Å². The molecule has 1 aromatic carbocycles. The number of thiophene rings is 1. The second-order valence-corrected chi connectivity index (χ2v) is 6.43. The van der Waals surface area contributed by atoms with Crippen LogP contribution < -0.4 is 15.2 Å². The van der Waals surface area contributed by atoms with Gasteiger partial charge in [-0.25, -0.2) is 0 Å². The normalized spacial score (nSPS) is 11.2. The molecule has 1 N–H and O–H groups in total. The lowest BCUT2D eigenvalue weighted by Gasteiger charge is -2.12. The van der Waals surface area contributed by atoms with Crippen LogP contribution in [0.3, 0.4) is 0 Å². The molecule has 2 aromatic rings. The molecule has 0 unspecified atom stereocenters. The van der Waals surface area contributed by atoms with Crippen LogP contribution in [-0.2, 0) is 9.59 Å². The monoisotopic (exact) mass is 364 g/mol. The minimum atomic E-state index is -1.46. The number of rotatable bonds is 6. The summed E-state index contributed by atoms with van der Waals surface area (Å²) in [6, 6.07) is 6.93. The third-order valence-electron chi connectivity index (χ3n) is 3.10. The van der Waals surface area contributed by atoms with Gasteiger partial charge in [0, 0.05) is 9.90 Å². The standard InChI is InChI=1S/C17H16ClNO4S/c1-10-6-12(7-11(2)16(10)18)23-9-15(20)19-14(17(21)22)8-13-4-3-5-24-13/h3-8H,9H2,1-2H3,(H,19,20)(H,21,22)/p-1/b14-8+. The molecule has 2 rings (SSSR count). The number of carboxylic acids is 1. The lowest BCUT2D eigenvalue weighted by molar-refractivity contribution is -0.299. The summed E-state index contributed by atoms with van der Waals surface area (Å²) in [4.78, 5) is 23.7. The predicted octanol–water partition coefficient (Wildman–Crippen LogP) is 2.30. The number of hydrogen-bond donors (Lipinski definition) is 1. The smallest absolute Gasteiger partial charge is 0.262 e. The highest BCUT2D eigenvalue weighted by Crippen LogP contribution is 2.25. The van der Waals surface area contributed by atoms with Gasteiger partial charge in [-0.1, -0.05) is 17.7 Å². The number of carbonyl (C=O) groups excluding carboxylic acids is 2. The number of carbonyl (C=O) groups is 2. The van der Waals surface area contributed by atoms with Crippen molar-refractivity contribution in [3.63, 3.8) is 0 Å². The van der Waals surface area contributed by atoms with Crippen LogP contribution in [0.1, 0.15) is 16.0 Å². The number of nitrogens with one attached hydrogen (secondary N) is 1. The number of amides is 1. The van der Waals surface area contributed by atoms with Gasteiger partial charge in [-0.15, -0.1) is 11.3 Å². The van der Waals surface area contributed by atoms with Crippen LogP contribution in [0.4, 0.5) is 0 Å². The first-order valence-corrected chi connectivity index (χ1v) is 8.28. The van der Waals surface area contributed by atoms with E-state index in [-0.39, 0.29) is 12.3 Å². The van der Waals surface area contributed by atoms with Gasteiger partial charge in [0.2, 0.25) is 0 Å². The topological polar surface area (TPSA) is 78.5 Å². The fraction of sp³-hybridized carbons (Fsp3) is 0.176. The van der Waals surface area contributed by atoms with Crippen LogP contribution >= 0.6 is 22.9 Å². The van der Waals surface area contributed by atoms with Crippen molar-refractivity contribution < 1.29 is 19.4 Å². The van der Waals surface area contributed by atoms with Crippen molar-refractivity contribution in [2.75, 3.05) is 6.61 Å². The van der Waals surface area contributed by atoms with Gasteiger partial charge in [-0.3, -0.25) is 4.79 Å². The zero-order valence-corrected chi connectivity index (χ0v) is 14.7. The molecule has 0 fully saturated rings. The van der Waals surface area contributed by atoms with Crippen LogP contribution in [0.15, 0.2) is 35.3 Å². The number of benzene rings is 1. The Bertz CT molecular complexity index is 761. The predicted molar refractivity (Wildman–Crippen MR) is 91.9 cm³/mol. The Morgan fingerprint density at radius 1 is 1.33 bits per heavy atom. The van der Waals surface area contributed by atoms with E-state index in [1.807, 2.05) is 13.8 Å². The number of carboxylic acid groups (broad SMARTS) is 1. The minimum absolute atomic E-state index is 0.311. The summed E-state index contributed by atoms with van der Waals surface area (Å²) < 4.78 is 5.39. The molecule has 0 aliphatic carbocycles. The molecule has 24 heavy (non-hydrogen) atoms. The van der Waals surface area contributed by atoms with Crippen molar-refractivity contribution in [1.29, 1.82) is 0 Å². The Kier molecular flexibility index (Phi) is 6.00. The van der Waals surface area contributed by atoms with Crippen molar-refractivity contribution in [3.8, 4) is 5.75 Å². The molecule has 7 heteroatoms. The first-order chi connectivity index (χ1) is 11.4. The zero-order valence-electron chi connectivity index (χ0n) is 13.1. The van der Waals surface area contributed by atoms with Crippen LogP contribution in [0, 0.1) is 13.8 Å². The zero-order chi connectivity index (χ0) is 17.7. The maximum absolute atomic E-state index is 11.9. The molecule has 1 heterocycles. The molecule has 0 aliphatic heterocycles. The average molecular weight is 365 g/mol. The van der Waals surface area contributed by atoms with E-state index < -0.39 is 11.9 Å². The van der Waals surface area contributed by atoms with Gasteiger partial charge >= 0.3 is 0 Å². The molecule has 0 atom stereocenters. The maximum Gasteiger partial charge on any atom is 0.262 e. The van der Waals surface area contributed by atoms with Gasteiger partial charge in [0.1, 0.15) is 5.75 Å². The van der Waals surface area contributed by atoms with Gasteiger partial charge in [0.05, 0.1) is 11.7 Å². The number of aryl methyl sites for hydroxylation is 2. The second-order valence-electron chi connectivity index (χ2n) is 5.07. The van der Waals surface area contributed by atoms with E-state index in [1.54, 1.807) is 29.6 Å². The summed E-state index contributed by atoms with van der Waals surface area (Å²) >= 11 is 7.42. The van der Waals surface area contributed by atoms with Crippen molar-refractivity contribution in [2.45, 2.75) is 13.8 Å². The van der Waals surface area contributed by atoms with Gasteiger partial charge in [-0.2, -0.15) is 0 Å². The molecule has 1 amide bonds. The Balaban J connectivity index is 2.00. The molecular weight excluding hydrogens is 350 g/mol. The van der Waals surface area contributed by atoms with E-state index in [9.17, 15) is 14.7 Å². The number of hydrogen-bond acceptors (Lipinski definition) is 5. The molecule has 5 nitrogen and oxygen atoms in total. The summed E-state index contributed by atoms with van der Waals surface area (Å²) in [6.07, 6.45) is 1.34. The lowest BCUT2D eigenvalue weighted by Crippen LogP contribution is -2.37. The highest BCUT2D eigenvalue weighted by atomic mass is 35.5. The van der Waals surface area contributed by atoms with Gasteiger partial charge in [0.25, 0.3) is 5.91 Å². The van der Waals surface area contributed by atoms with Gasteiger partial charge < -0.3 is 20.0 Å². The second kappa shape index (κ2) is 7.99. The number of halogens is 1. The highest BCUT2D eigenvalue weighted by molar-refractivity contribution is 7.10. The summed E-state index contributed by atoms with van der Waals surface area (Å²) in [5, 5.41) is 15.8. The van der Waals surface area contributed by atoms with Crippen molar-refractivity contribution >= 4 is 40.9 Å². The number of ether oxygens (including phenoxy) is 1. The van der Waals surface area contributed by atoms with Crippen molar-refractivity contribution in [3.05, 3.63) is 56.4 Å². The van der Waals surface area contributed by atoms with Crippen LogP contribution in [0.2, 0.25) is 5.02 Å². The van der Waals surface area contributed by atoms with Gasteiger partial charge in [0.15, 0.2) is 6.61 Å². The Morgan fingerprint density at radius 3 is 2.54 bits per heavy atom. The Hall–Kier alpha value is -2.31. The first kappa shape index (κ1) is 18.0. The molecule has 0 spiro atoms. The van der Waals surface area contributed by atoms with Crippen molar-refractivity contribution in [2.24, 2.45) is 0 Å². The average Bonchev–Trinajstić information content (AvgIpc) is 3.02. The first-order valence-electron chi connectivity index (χ1n) is 7.02. The summed E-state index contributed by atoms with van der Waals surface area (Å²) in [7, 11) is 0. The minimum Gasteiger partial charge on any atom is -0.543 e. The molecule has 0 aliphatic rings. The third kappa shape index (κ3) is 4.84. The van der Waals surface area contributed by atoms with E-state index in [4.69, 9.17) is 16.3 Å². The summed E-state index contributed by atoms with van der Waals surface area (Å²) in [5.41, 5.74) is 1.36. The summed E-state index contributed by atoms with van der Waals surface area (Å²) in [5.74, 6) is -1.57. The fourth-order valence-electron chi connectivity index (χ4n) is 1.99. The van der Waals surface area contributed by atoms with E-state index in [2.05, 4.69) is 5.32 Å². The molecule has 126 valence electrons.